The second-order valence-electron chi connectivity index (χ2n) is 5.53. The molecule has 1 saturated carbocycles. The molecule has 0 aromatic heterocycles. The number of hydrogen-bond acceptors (Lipinski definition) is 4. The highest BCUT2D eigenvalue weighted by Gasteiger charge is 2.33. The van der Waals surface area contributed by atoms with Crippen molar-refractivity contribution < 1.29 is 9.59 Å². The van der Waals surface area contributed by atoms with Gasteiger partial charge in [-0.25, -0.2) is 5.43 Å². The van der Waals surface area contributed by atoms with E-state index in [1.807, 2.05) is 11.8 Å². The topological polar surface area (TPSA) is 87.8 Å². The summed E-state index contributed by atoms with van der Waals surface area (Å²) in [5.41, 5.74) is 8.72. The fourth-order valence-electron chi connectivity index (χ4n) is 3.20. The van der Waals surface area contributed by atoms with E-state index in [-0.39, 0.29) is 17.9 Å². The van der Waals surface area contributed by atoms with Gasteiger partial charge in [-0.1, -0.05) is 12.8 Å². The summed E-state index contributed by atoms with van der Waals surface area (Å²) in [5.74, 6) is 0.214. The number of nitrogens with one attached hydrogen (secondary N) is 1. The lowest BCUT2D eigenvalue weighted by atomic mass is 9.83. The van der Waals surface area contributed by atoms with Gasteiger partial charge in [0, 0.05) is 25.4 Å². The van der Waals surface area contributed by atoms with Gasteiger partial charge in [-0.05, 0) is 32.2 Å². The SMILES string of the molecule is CCN(C(=O)C1=NNC(=O)CC1)C1CCCCC1CN. The van der Waals surface area contributed by atoms with E-state index in [1.165, 1.54) is 6.42 Å². The van der Waals surface area contributed by atoms with Gasteiger partial charge in [0.2, 0.25) is 5.91 Å². The molecule has 20 heavy (non-hydrogen) atoms. The van der Waals surface area contributed by atoms with Gasteiger partial charge in [-0.3, -0.25) is 9.59 Å². The van der Waals surface area contributed by atoms with Gasteiger partial charge in [-0.15, -0.1) is 0 Å². The molecule has 2 unspecified atom stereocenters. The smallest absolute Gasteiger partial charge is 0.270 e. The van der Waals surface area contributed by atoms with Crippen molar-refractivity contribution in [3.63, 3.8) is 0 Å². The molecule has 0 saturated heterocycles. The second-order valence-corrected chi connectivity index (χ2v) is 5.53. The highest BCUT2D eigenvalue weighted by atomic mass is 16.2. The predicted octanol–water partition coefficient (Wildman–Crippen LogP) is 0.618. The molecule has 1 aliphatic heterocycles. The Morgan fingerprint density at radius 3 is 2.75 bits per heavy atom. The van der Waals surface area contributed by atoms with Crippen LogP contribution in [0.15, 0.2) is 5.10 Å². The maximum absolute atomic E-state index is 12.6. The highest BCUT2D eigenvalue weighted by molar-refractivity contribution is 6.39. The van der Waals surface area contributed by atoms with Crippen LogP contribution in [0.25, 0.3) is 0 Å². The largest absolute Gasteiger partial charge is 0.335 e. The zero-order valence-corrected chi connectivity index (χ0v) is 12.1. The lowest BCUT2D eigenvalue weighted by Crippen LogP contribution is -2.51. The number of rotatable bonds is 4. The average molecular weight is 280 g/mol. The Balaban J connectivity index is 2.10. The molecule has 0 radical (unpaired) electrons. The van der Waals surface area contributed by atoms with E-state index >= 15 is 0 Å². The van der Waals surface area contributed by atoms with Crippen molar-refractivity contribution in [2.75, 3.05) is 13.1 Å². The molecule has 6 nitrogen and oxygen atoms in total. The average Bonchev–Trinajstić information content (AvgIpc) is 2.49. The van der Waals surface area contributed by atoms with Crippen molar-refractivity contribution in [2.24, 2.45) is 16.8 Å². The summed E-state index contributed by atoms with van der Waals surface area (Å²) >= 11 is 0. The van der Waals surface area contributed by atoms with Crippen LogP contribution in [0, 0.1) is 5.92 Å². The summed E-state index contributed by atoms with van der Waals surface area (Å²) in [6, 6.07) is 0.214. The Hall–Kier alpha value is -1.43. The van der Waals surface area contributed by atoms with Crippen LogP contribution in [0.4, 0.5) is 0 Å². The molecule has 0 aromatic carbocycles. The van der Waals surface area contributed by atoms with Crippen molar-refractivity contribution in [1.82, 2.24) is 10.3 Å². The van der Waals surface area contributed by atoms with E-state index in [4.69, 9.17) is 5.73 Å². The van der Waals surface area contributed by atoms with Crippen LogP contribution in [-0.2, 0) is 9.59 Å². The van der Waals surface area contributed by atoms with E-state index in [2.05, 4.69) is 10.5 Å². The first-order valence-electron chi connectivity index (χ1n) is 7.53. The Kier molecular flexibility index (Phi) is 5.11. The molecule has 0 aromatic rings. The summed E-state index contributed by atoms with van der Waals surface area (Å²) in [7, 11) is 0. The Bertz CT molecular complexity index is 408. The van der Waals surface area contributed by atoms with Crippen LogP contribution < -0.4 is 11.2 Å². The van der Waals surface area contributed by atoms with Crippen molar-refractivity contribution >= 4 is 17.5 Å². The van der Waals surface area contributed by atoms with Crippen LogP contribution in [-0.4, -0.2) is 41.6 Å². The molecular weight excluding hydrogens is 256 g/mol. The minimum absolute atomic E-state index is 0.0437. The minimum Gasteiger partial charge on any atom is -0.335 e. The zero-order valence-electron chi connectivity index (χ0n) is 12.1. The minimum atomic E-state index is -0.123. The first-order valence-corrected chi connectivity index (χ1v) is 7.53. The molecule has 112 valence electrons. The van der Waals surface area contributed by atoms with Crippen LogP contribution in [0.1, 0.15) is 45.4 Å². The molecular formula is C14H24N4O2. The molecule has 0 spiro atoms. The molecule has 3 N–H and O–H groups in total. The predicted molar refractivity (Wildman–Crippen MR) is 77.0 cm³/mol. The Labute approximate surface area is 119 Å². The van der Waals surface area contributed by atoms with E-state index in [0.717, 1.165) is 19.3 Å². The van der Waals surface area contributed by atoms with Crippen LogP contribution in [0.2, 0.25) is 0 Å². The fourth-order valence-corrected chi connectivity index (χ4v) is 3.20. The third kappa shape index (κ3) is 3.17. The zero-order chi connectivity index (χ0) is 14.5. The Morgan fingerprint density at radius 1 is 1.40 bits per heavy atom. The number of carbonyl (C=O) groups excluding carboxylic acids is 2. The van der Waals surface area contributed by atoms with Gasteiger partial charge in [0.15, 0.2) is 0 Å². The highest BCUT2D eigenvalue weighted by Crippen LogP contribution is 2.28. The van der Waals surface area contributed by atoms with Crippen LogP contribution >= 0.6 is 0 Å². The standard InChI is InChI=1S/C14H24N4O2/c1-2-18(12-6-4-3-5-10(12)9-15)14(20)11-7-8-13(19)17-16-11/h10,12H,2-9,15H2,1H3,(H,17,19). The number of nitrogens with two attached hydrogens (primary N) is 1. The van der Waals surface area contributed by atoms with E-state index in [0.29, 0.717) is 37.6 Å². The number of hydrogen-bond donors (Lipinski definition) is 2. The molecule has 2 rings (SSSR count). The maximum atomic E-state index is 12.6. The first-order chi connectivity index (χ1) is 9.67. The quantitative estimate of drug-likeness (QED) is 0.791. The van der Waals surface area contributed by atoms with Crippen molar-refractivity contribution in [1.29, 1.82) is 0 Å². The maximum Gasteiger partial charge on any atom is 0.270 e. The van der Waals surface area contributed by atoms with Crippen molar-refractivity contribution in [3.05, 3.63) is 0 Å². The van der Waals surface area contributed by atoms with Crippen LogP contribution in [0.3, 0.4) is 0 Å². The Morgan fingerprint density at radius 2 is 2.15 bits per heavy atom. The summed E-state index contributed by atoms with van der Waals surface area (Å²) in [6.07, 6.45) is 5.22. The van der Waals surface area contributed by atoms with Gasteiger partial charge in [0.25, 0.3) is 5.91 Å². The van der Waals surface area contributed by atoms with E-state index in [9.17, 15) is 9.59 Å². The molecule has 2 aliphatic rings. The molecule has 1 fully saturated rings. The number of carbonyl (C=O) groups is 2. The second kappa shape index (κ2) is 6.83. The molecule has 6 heteroatoms. The van der Waals surface area contributed by atoms with Crippen molar-refractivity contribution in [2.45, 2.75) is 51.5 Å². The van der Waals surface area contributed by atoms with Gasteiger partial charge in [-0.2, -0.15) is 5.10 Å². The summed E-state index contributed by atoms with van der Waals surface area (Å²) in [6.45, 7) is 3.27. The van der Waals surface area contributed by atoms with E-state index in [1.54, 1.807) is 0 Å². The normalized spacial score (nSPS) is 26.7. The summed E-state index contributed by atoms with van der Waals surface area (Å²) in [4.78, 5) is 25.6. The van der Waals surface area contributed by atoms with Gasteiger partial charge < -0.3 is 10.6 Å². The number of hydrazone groups is 1. The van der Waals surface area contributed by atoms with Crippen molar-refractivity contribution in [3.8, 4) is 0 Å². The molecule has 2 atom stereocenters. The number of amides is 2. The third-order valence-corrected chi connectivity index (χ3v) is 4.32. The van der Waals surface area contributed by atoms with Gasteiger partial charge >= 0.3 is 0 Å². The molecule has 0 bridgehead atoms. The first kappa shape index (κ1) is 15.0. The lowest BCUT2D eigenvalue weighted by Gasteiger charge is -2.39. The number of nitrogens with zero attached hydrogens (tertiary/aromatic N) is 2. The summed E-state index contributed by atoms with van der Waals surface area (Å²) in [5, 5.41) is 3.92. The van der Waals surface area contributed by atoms with E-state index < -0.39 is 0 Å². The fraction of sp³-hybridized carbons (Fsp3) is 0.786. The summed E-state index contributed by atoms with van der Waals surface area (Å²) < 4.78 is 0. The lowest BCUT2D eigenvalue weighted by molar-refractivity contribution is -0.128. The monoisotopic (exact) mass is 280 g/mol. The molecule has 1 heterocycles. The van der Waals surface area contributed by atoms with Gasteiger partial charge in [0.1, 0.15) is 5.71 Å². The van der Waals surface area contributed by atoms with Crippen LogP contribution in [0.5, 0.6) is 0 Å². The third-order valence-electron chi connectivity index (χ3n) is 4.32. The molecule has 1 aliphatic carbocycles. The van der Waals surface area contributed by atoms with Gasteiger partial charge in [0.05, 0.1) is 0 Å². The molecule has 2 amide bonds.